The Kier molecular flexibility index (Phi) is 7.02. The summed E-state index contributed by atoms with van der Waals surface area (Å²) in [5.74, 6) is 0.274. The van der Waals surface area contributed by atoms with E-state index in [2.05, 4.69) is 13.8 Å². The second kappa shape index (κ2) is 8.27. The smallest absolute Gasteiger partial charge is 0.232 e. The van der Waals surface area contributed by atoms with Crippen LogP contribution in [0, 0.1) is 11.8 Å². The van der Waals surface area contributed by atoms with Crippen LogP contribution in [0.15, 0.2) is 0 Å². The second-order valence-electron chi connectivity index (χ2n) is 5.27. The van der Waals surface area contributed by atoms with Crippen molar-refractivity contribution in [2.75, 3.05) is 33.0 Å². The molecule has 1 unspecified atom stereocenters. The highest BCUT2D eigenvalue weighted by molar-refractivity contribution is 6.03. The van der Waals surface area contributed by atoms with Gasteiger partial charge in [-0.15, -0.1) is 0 Å². The number of amides is 2. The summed E-state index contributed by atoms with van der Waals surface area (Å²) in [4.78, 5) is 24.8. The Balaban J connectivity index is 2.09. The van der Waals surface area contributed by atoms with Crippen LogP contribution < -0.4 is 0 Å². The molecule has 1 rings (SSSR count). The van der Waals surface area contributed by atoms with Crippen molar-refractivity contribution in [3.8, 4) is 0 Å². The molecule has 1 heterocycles. The standard InChI is InChI=1S/C14H25NO4/c1-4-12-9-13(16)15(14(12)17)5-6-18-7-8-19-10-11(2)3/h11-12H,4-10H2,1-3H3. The molecule has 2 amide bonds. The van der Waals surface area contributed by atoms with E-state index in [-0.39, 0.29) is 17.7 Å². The minimum absolute atomic E-state index is 0.0489. The molecule has 0 aromatic carbocycles. The predicted molar refractivity (Wildman–Crippen MR) is 71.6 cm³/mol. The average Bonchev–Trinajstić information content (AvgIpc) is 2.64. The van der Waals surface area contributed by atoms with E-state index in [0.717, 1.165) is 13.0 Å². The lowest BCUT2D eigenvalue weighted by molar-refractivity contribution is -0.140. The van der Waals surface area contributed by atoms with Gasteiger partial charge in [-0.3, -0.25) is 14.5 Å². The number of likely N-dealkylation sites (tertiary alicyclic amines) is 1. The van der Waals surface area contributed by atoms with Crippen LogP contribution >= 0.6 is 0 Å². The zero-order valence-corrected chi connectivity index (χ0v) is 12.2. The Morgan fingerprint density at radius 1 is 1.21 bits per heavy atom. The minimum Gasteiger partial charge on any atom is -0.379 e. The molecule has 1 fully saturated rings. The van der Waals surface area contributed by atoms with Crippen LogP contribution in [0.1, 0.15) is 33.6 Å². The van der Waals surface area contributed by atoms with Gasteiger partial charge in [0.2, 0.25) is 11.8 Å². The monoisotopic (exact) mass is 271 g/mol. The van der Waals surface area contributed by atoms with Gasteiger partial charge >= 0.3 is 0 Å². The van der Waals surface area contributed by atoms with Gasteiger partial charge < -0.3 is 9.47 Å². The summed E-state index contributed by atoms with van der Waals surface area (Å²) in [5.41, 5.74) is 0. The molecule has 5 heteroatoms. The molecule has 0 aromatic rings. The van der Waals surface area contributed by atoms with Crippen molar-refractivity contribution in [3.05, 3.63) is 0 Å². The van der Waals surface area contributed by atoms with E-state index < -0.39 is 0 Å². The maximum absolute atomic E-state index is 11.8. The Morgan fingerprint density at radius 3 is 2.47 bits per heavy atom. The molecule has 0 saturated carbocycles. The lowest BCUT2D eigenvalue weighted by Crippen LogP contribution is -2.34. The summed E-state index contributed by atoms with van der Waals surface area (Å²) in [7, 11) is 0. The highest BCUT2D eigenvalue weighted by atomic mass is 16.5. The Morgan fingerprint density at radius 2 is 1.89 bits per heavy atom. The van der Waals surface area contributed by atoms with Crippen LogP contribution in [-0.2, 0) is 19.1 Å². The molecule has 1 atom stereocenters. The van der Waals surface area contributed by atoms with E-state index in [1.54, 1.807) is 0 Å². The number of ether oxygens (including phenoxy) is 2. The molecule has 5 nitrogen and oxygen atoms in total. The zero-order valence-electron chi connectivity index (χ0n) is 12.2. The molecular formula is C14H25NO4. The number of rotatable bonds is 9. The zero-order chi connectivity index (χ0) is 14.3. The number of nitrogens with zero attached hydrogens (tertiary/aromatic N) is 1. The van der Waals surface area contributed by atoms with Gasteiger partial charge in [0, 0.05) is 18.9 Å². The largest absolute Gasteiger partial charge is 0.379 e. The topological polar surface area (TPSA) is 55.8 Å². The van der Waals surface area contributed by atoms with Gasteiger partial charge in [0.15, 0.2) is 0 Å². The van der Waals surface area contributed by atoms with Gasteiger partial charge in [0.1, 0.15) is 0 Å². The fourth-order valence-electron chi connectivity index (χ4n) is 2.00. The molecule has 1 saturated heterocycles. The maximum atomic E-state index is 11.8. The quantitative estimate of drug-likeness (QED) is 0.470. The first-order chi connectivity index (χ1) is 9.06. The van der Waals surface area contributed by atoms with Crippen LogP contribution in [0.2, 0.25) is 0 Å². The van der Waals surface area contributed by atoms with Gasteiger partial charge in [-0.1, -0.05) is 20.8 Å². The summed E-state index contributed by atoms with van der Waals surface area (Å²) in [6.45, 7) is 8.65. The van der Waals surface area contributed by atoms with Crippen molar-refractivity contribution < 1.29 is 19.1 Å². The molecule has 0 radical (unpaired) electrons. The van der Waals surface area contributed by atoms with Gasteiger partial charge in [-0.25, -0.2) is 0 Å². The number of carbonyl (C=O) groups is 2. The maximum Gasteiger partial charge on any atom is 0.232 e. The fraction of sp³-hybridized carbons (Fsp3) is 0.857. The van der Waals surface area contributed by atoms with Gasteiger partial charge in [-0.2, -0.15) is 0 Å². The Bertz CT molecular complexity index is 304. The van der Waals surface area contributed by atoms with E-state index in [0.29, 0.717) is 38.7 Å². The van der Waals surface area contributed by atoms with E-state index >= 15 is 0 Å². The van der Waals surface area contributed by atoms with Gasteiger partial charge in [-0.05, 0) is 12.3 Å². The number of imide groups is 1. The van der Waals surface area contributed by atoms with Crippen molar-refractivity contribution in [3.63, 3.8) is 0 Å². The van der Waals surface area contributed by atoms with Crippen molar-refractivity contribution in [1.82, 2.24) is 4.90 Å². The van der Waals surface area contributed by atoms with Crippen LogP contribution in [0.5, 0.6) is 0 Å². The number of hydrogen-bond acceptors (Lipinski definition) is 4. The van der Waals surface area contributed by atoms with Crippen LogP contribution in [0.3, 0.4) is 0 Å². The van der Waals surface area contributed by atoms with Crippen molar-refractivity contribution in [2.24, 2.45) is 11.8 Å². The summed E-state index contributed by atoms with van der Waals surface area (Å²) in [6, 6.07) is 0. The highest BCUT2D eigenvalue weighted by Gasteiger charge is 2.36. The van der Waals surface area contributed by atoms with Crippen LogP contribution in [-0.4, -0.2) is 49.7 Å². The molecule has 0 aromatic heterocycles. The van der Waals surface area contributed by atoms with E-state index in [1.165, 1.54) is 4.90 Å². The van der Waals surface area contributed by atoms with Crippen molar-refractivity contribution >= 4 is 11.8 Å². The molecule has 1 aliphatic rings. The summed E-state index contributed by atoms with van der Waals surface area (Å²) in [5, 5.41) is 0. The van der Waals surface area contributed by atoms with E-state index in [1.807, 2.05) is 6.92 Å². The first-order valence-corrected chi connectivity index (χ1v) is 7.06. The molecule has 1 aliphatic heterocycles. The first-order valence-electron chi connectivity index (χ1n) is 7.06. The van der Waals surface area contributed by atoms with Crippen LogP contribution in [0.4, 0.5) is 0 Å². The summed E-state index contributed by atoms with van der Waals surface area (Å²) < 4.78 is 10.7. The highest BCUT2D eigenvalue weighted by Crippen LogP contribution is 2.21. The summed E-state index contributed by atoms with van der Waals surface area (Å²) >= 11 is 0. The predicted octanol–water partition coefficient (Wildman–Crippen LogP) is 1.46. The second-order valence-corrected chi connectivity index (χ2v) is 5.27. The molecule has 110 valence electrons. The first kappa shape index (κ1) is 16.1. The third-order valence-electron chi connectivity index (χ3n) is 3.11. The van der Waals surface area contributed by atoms with E-state index in [9.17, 15) is 9.59 Å². The van der Waals surface area contributed by atoms with Gasteiger partial charge in [0.05, 0.1) is 26.4 Å². The van der Waals surface area contributed by atoms with Crippen molar-refractivity contribution in [2.45, 2.75) is 33.6 Å². The fourth-order valence-corrected chi connectivity index (χ4v) is 2.00. The van der Waals surface area contributed by atoms with Gasteiger partial charge in [0.25, 0.3) is 0 Å². The average molecular weight is 271 g/mol. The Hall–Kier alpha value is -0.940. The number of hydrogen-bond donors (Lipinski definition) is 0. The molecule has 0 spiro atoms. The number of carbonyl (C=O) groups excluding carboxylic acids is 2. The molecule has 0 aliphatic carbocycles. The minimum atomic E-state index is -0.123. The van der Waals surface area contributed by atoms with Crippen molar-refractivity contribution in [1.29, 1.82) is 0 Å². The third kappa shape index (κ3) is 5.28. The SMILES string of the molecule is CCC1CC(=O)N(CCOCCOCC(C)C)C1=O. The van der Waals surface area contributed by atoms with Crippen LogP contribution in [0.25, 0.3) is 0 Å². The van der Waals surface area contributed by atoms with E-state index in [4.69, 9.17) is 9.47 Å². The molecule has 0 bridgehead atoms. The molecule has 19 heavy (non-hydrogen) atoms. The lowest BCUT2D eigenvalue weighted by Gasteiger charge is -2.14. The third-order valence-corrected chi connectivity index (χ3v) is 3.11. The summed E-state index contributed by atoms with van der Waals surface area (Å²) in [6.07, 6.45) is 1.08. The molecular weight excluding hydrogens is 246 g/mol. The molecule has 0 N–H and O–H groups in total. The Labute approximate surface area is 115 Å². The normalized spacial score (nSPS) is 19.8. The lowest BCUT2D eigenvalue weighted by atomic mass is 10.1.